The molecule has 0 amide bonds. The molecule has 0 aromatic heterocycles. The van der Waals surface area contributed by atoms with Crippen LogP contribution < -0.4 is 0 Å². The Morgan fingerprint density at radius 3 is 1.62 bits per heavy atom. The third kappa shape index (κ3) is 41.4. The number of carbonyl (C=O) groups is 2. The van der Waals surface area contributed by atoms with Crippen molar-refractivity contribution in [3.63, 3.8) is 0 Å². The summed E-state index contributed by atoms with van der Waals surface area (Å²) in [5, 5.41) is 10.2. The zero-order valence-corrected chi connectivity index (χ0v) is 34.3. The maximum absolute atomic E-state index is 12.4. The van der Waals surface area contributed by atoms with Gasteiger partial charge in [0.1, 0.15) is 6.61 Å². The molecule has 0 aliphatic heterocycles. The second-order valence-electron chi connectivity index (χ2n) is 12.7. The average molecular weight is 785 g/mol. The standard InChI is InChI=1S/C45H69O9P/c1-3-5-7-9-11-13-15-17-18-19-20-21-22-24-26-28-30-32-34-38-44(47)52-40-43(41-53-55(49,50)51)54-45(48)39-35-37-42(46)36-33-31-29-27-25-23-16-14-12-10-8-6-4-2/h6,8,11-14,17-18,20-21,23-26,29-33,36,42-43,46H,3-5,7,9-10,15-16,19,22,27-28,34-35,37-41H2,1-2H3,(H2,49,50,51)/b8-6-,13-11-,14-12-,18-17-,21-20-,25-23-,26-24-,31-29-,32-30-,36-33+/t42?,43-/m1/s1. The first kappa shape index (κ1) is 51.4. The molecule has 0 aromatic rings. The molecule has 1 unspecified atom stereocenters. The van der Waals surface area contributed by atoms with Crippen LogP contribution in [0.25, 0.3) is 0 Å². The zero-order chi connectivity index (χ0) is 40.5. The zero-order valence-electron chi connectivity index (χ0n) is 33.4. The van der Waals surface area contributed by atoms with E-state index in [1.54, 1.807) is 12.2 Å². The lowest BCUT2D eigenvalue weighted by molar-refractivity contribution is -0.161. The van der Waals surface area contributed by atoms with E-state index >= 15 is 0 Å². The van der Waals surface area contributed by atoms with E-state index in [1.807, 2.05) is 24.3 Å². The molecule has 2 atom stereocenters. The molecule has 308 valence electrons. The Labute approximate surface area is 331 Å². The van der Waals surface area contributed by atoms with Crippen molar-refractivity contribution in [3.8, 4) is 0 Å². The fraction of sp³-hybridized carbons (Fsp3) is 0.511. The minimum atomic E-state index is -4.83. The van der Waals surface area contributed by atoms with Crippen LogP contribution in [0.5, 0.6) is 0 Å². The highest BCUT2D eigenvalue weighted by Gasteiger charge is 2.23. The second kappa shape index (κ2) is 38.7. The molecule has 0 rings (SSSR count). The number of phosphoric acid groups is 1. The van der Waals surface area contributed by atoms with Crippen molar-refractivity contribution < 1.29 is 43.0 Å². The minimum Gasteiger partial charge on any atom is -0.462 e. The number of ether oxygens (including phenoxy) is 2. The Kier molecular flexibility index (Phi) is 36.2. The third-order valence-corrected chi connectivity index (χ3v) is 8.07. The van der Waals surface area contributed by atoms with E-state index in [1.165, 1.54) is 25.7 Å². The maximum Gasteiger partial charge on any atom is 0.469 e. The van der Waals surface area contributed by atoms with E-state index < -0.39 is 45.2 Å². The summed E-state index contributed by atoms with van der Waals surface area (Å²) in [5.41, 5.74) is 0. The molecule has 10 heteroatoms. The van der Waals surface area contributed by atoms with E-state index in [-0.39, 0.29) is 12.8 Å². The molecule has 0 aliphatic carbocycles. The van der Waals surface area contributed by atoms with Crippen LogP contribution in [0, 0.1) is 0 Å². The molecule has 0 fully saturated rings. The van der Waals surface area contributed by atoms with Gasteiger partial charge in [-0.1, -0.05) is 148 Å². The van der Waals surface area contributed by atoms with Gasteiger partial charge < -0.3 is 24.4 Å². The molecular weight excluding hydrogens is 715 g/mol. The molecule has 0 spiro atoms. The Bertz CT molecular complexity index is 1310. The molecular formula is C45H69O9P. The van der Waals surface area contributed by atoms with Crippen molar-refractivity contribution >= 4 is 19.8 Å². The number of hydrogen-bond acceptors (Lipinski definition) is 7. The SMILES string of the molecule is CC/C=C\C/C=C\C/C=C\C/C=C\C=C\C(O)CCCC(=O)O[C@H](COC(=O)CC/C=C\C/C=C\C/C=C\C/C=C\C/C=C\CCCCC)COP(=O)(O)O. The summed E-state index contributed by atoms with van der Waals surface area (Å²) in [6.07, 6.45) is 52.5. The van der Waals surface area contributed by atoms with Gasteiger partial charge in [0.2, 0.25) is 0 Å². The van der Waals surface area contributed by atoms with Gasteiger partial charge in [0, 0.05) is 12.8 Å². The predicted molar refractivity (Wildman–Crippen MR) is 226 cm³/mol. The van der Waals surface area contributed by atoms with Crippen molar-refractivity contribution in [2.75, 3.05) is 13.2 Å². The lowest BCUT2D eigenvalue weighted by atomic mass is 10.1. The molecule has 0 aromatic carbocycles. The summed E-state index contributed by atoms with van der Waals surface area (Å²) < 4.78 is 26.1. The van der Waals surface area contributed by atoms with E-state index in [0.29, 0.717) is 19.3 Å². The molecule has 0 bridgehead atoms. The van der Waals surface area contributed by atoms with Crippen molar-refractivity contribution in [3.05, 3.63) is 122 Å². The molecule has 0 heterocycles. The summed E-state index contributed by atoms with van der Waals surface area (Å²) in [6, 6.07) is 0. The predicted octanol–water partition coefficient (Wildman–Crippen LogP) is 11.1. The number of esters is 2. The second-order valence-corrected chi connectivity index (χ2v) is 14.0. The topological polar surface area (TPSA) is 140 Å². The van der Waals surface area contributed by atoms with Crippen LogP contribution >= 0.6 is 7.82 Å². The van der Waals surface area contributed by atoms with Crippen molar-refractivity contribution in [2.45, 2.75) is 135 Å². The van der Waals surface area contributed by atoms with Gasteiger partial charge in [-0.2, -0.15) is 0 Å². The Morgan fingerprint density at radius 2 is 1.09 bits per heavy atom. The van der Waals surface area contributed by atoms with Gasteiger partial charge in [0.25, 0.3) is 0 Å². The summed E-state index contributed by atoms with van der Waals surface area (Å²) >= 11 is 0. The first-order chi connectivity index (χ1) is 26.7. The molecule has 9 nitrogen and oxygen atoms in total. The summed E-state index contributed by atoms with van der Waals surface area (Å²) in [6.45, 7) is 3.29. The number of carbonyl (C=O) groups excluding carboxylic acids is 2. The van der Waals surface area contributed by atoms with Gasteiger partial charge >= 0.3 is 19.8 Å². The van der Waals surface area contributed by atoms with Gasteiger partial charge in [-0.25, -0.2) is 4.57 Å². The largest absolute Gasteiger partial charge is 0.469 e. The van der Waals surface area contributed by atoms with Crippen molar-refractivity contribution in [1.82, 2.24) is 0 Å². The molecule has 0 saturated carbocycles. The smallest absolute Gasteiger partial charge is 0.462 e. The fourth-order valence-electron chi connectivity index (χ4n) is 4.62. The highest BCUT2D eigenvalue weighted by molar-refractivity contribution is 7.46. The van der Waals surface area contributed by atoms with Crippen LogP contribution in [0.15, 0.2) is 122 Å². The van der Waals surface area contributed by atoms with E-state index in [0.717, 1.165) is 51.4 Å². The van der Waals surface area contributed by atoms with E-state index in [2.05, 4.69) is 103 Å². The number of rotatable bonds is 34. The first-order valence-corrected chi connectivity index (χ1v) is 21.5. The first-order valence-electron chi connectivity index (χ1n) is 19.9. The number of allylic oxidation sites excluding steroid dienone is 19. The van der Waals surface area contributed by atoms with Gasteiger partial charge in [-0.3, -0.25) is 14.1 Å². The Balaban J connectivity index is 4.30. The molecule has 3 N–H and O–H groups in total. The monoisotopic (exact) mass is 784 g/mol. The van der Waals surface area contributed by atoms with Gasteiger partial charge in [0.15, 0.2) is 6.10 Å². The Morgan fingerprint density at radius 1 is 0.582 bits per heavy atom. The third-order valence-electron chi connectivity index (χ3n) is 7.58. The molecule has 0 aliphatic rings. The van der Waals surface area contributed by atoms with Crippen LogP contribution in [0.3, 0.4) is 0 Å². The summed E-state index contributed by atoms with van der Waals surface area (Å²) in [7, 11) is -4.83. The number of aliphatic hydroxyl groups is 1. The van der Waals surface area contributed by atoms with Crippen LogP contribution in [0.4, 0.5) is 0 Å². The van der Waals surface area contributed by atoms with Crippen LogP contribution in [0.2, 0.25) is 0 Å². The minimum absolute atomic E-state index is 0.0422. The Hall–Kier alpha value is -3.59. The quantitative estimate of drug-likeness (QED) is 0.0191. The number of unbranched alkanes of at least 4 members (excludes halogenated alkanes) is 3. The van der Waals surface area contributed by atoms with Crippen LogP contribution in [-0.2, 0) is 28.2 Å². The summed E-state index contributed by atoms with van der Waals surface area (Å²) in [5.74, 6) is -1.20. The lowest BCUT2D eigenvalue weighted by Crippen LogP contribution is -2.29. The molecule has 55 heavy (non-hydrogen) atoms. The normalized spacial score (nSPS) is 14.3. The lowest BCUT2D eigenvalue weighted by Gasteiger charge is -2.18. The van der Waals surface area contributed by atoms with Gasteiger partial charge in [-0.15, -0.1) is 0 Å². The molecule has 0 radical (unpaired) electrons. The summed E-state index contributed by atoms with van der Waals surface area (Å²) in [4.78, 5) is 42.8. The highest BCUT2D eigenvalue weighted by atomic mass is 31.2. The fourth-order valence-corrected chi connectivity index (χ4v) is 4.98. The highest BCUT2D eigenvalue weighted by Crippen LogP contribution is 2.35. The number of phosphoric ester groups is 1. The van der Waals surface area contributed by atoms with E-state index in [9.17, 15) is 19.3 Å². The van der Waals surface area contributed by atoms with Crippen molar-refractivity contribution in [2.24, 2.45) is 0 Å². The number of aliphatic hydroxyl groups excluding tert-OH is 1. The van der Waals surface area contributed by atoms with Gasteiger partial charge in [-0.05, 0) is 83.5 Å². The number of hydrogen-bond donors (Lipinski definition) is 3. The molecule has 0 saturated heterocycles. The van der Waals surface area contributed by atoms with Gasteiger partial charge in [0.05, 0.1) is 12.7 Å². The van der Waals surface area contributed by atoms with E-state index in [4.69, 9.17) is 19.3 Å². The van der Waals surface area contributed by atoms with Crippen LogP contribution in [-0.4, -0.2) is 52.3 Å². The average Bonchev–Trinajstić information content (AvgIpc) is 3.15. The van der Waals surface area contributed by atoms with Crippen LogP contribution in [0.1, 0.15) is 123 Å². The van der Waals surface area contributed by atoms with Crippen molar-refractivity contribution in [1.29, 1.82) is 0 Å². The maximum atomic E-state index is 12.4.